The fourth-order valence-corrected chi connectivity index (χ4v) is 2.67. The number of benzene rings is 2. The van der Waals surface area contributed by atoms with Crippen molar-refractivity contribution in [1.29, 1.82) is 0 Å². The van der Waals surface area contributed by atoms with Crippen LogP contribution in [0, 0.1) is 10.1 Å². The lowest BCUT2D eigenvalue weighted by Crippen LogP contribution is -2.16. The van der Waals surface area contributed by atoms with Gasteiger partial charge in [-0.25, -0.2) is 18.4 Å². The number of hydrogen-bond acceptors (Lipinski definition) is 7. The Balaban J connectivity index is 2.70. The molecule has 0 amide bonds. The highest BCUT2D eigenvalue weighted by Gasteiger charge is 2.29. The Morgan fingerprint density at radius 2 is 1.88 bits per heavy atom. The summed E-state index contributed by atoms with van der Waals surface area (Å²) >= 11 is 0. The van der Waals surface area contributed by atoms with Crippen LogP contribution in [-0.4, -0.2) is 25.9 Å². The third-order valence-corrected chi connectivity index (χ3v) is 3.93. The molecular formula is C15H14N2O7S. The van der Waals surface area contributed by atoms with E-state index in [1.165, 1.54) is 12.1 Å². The van der Waals surface area contributed by atoms with E-state index in [0.29, 0.717) is 0 Å². The number of hydrogen-bond donors (Lipinski definition) is 1. The van der Waals surface area contributed by atoms with E-state index in [4.69, 9.17) is 14.6 Å². The molecule has 9 nitrogen and oxygen atoms in total. The monoisotopic (exact) mass is 366 g/mol. The Bertz CT molecular complexity index is 911. The molecule has 0 aliphatic carbocycles. The van der Waals surface area contributed by atoms with E-state index in [1.54, 1.807) is 25.1 Å². The Kier molecular flexibility index (Phi) is 5.35. The van der Waals surface area contributed by atoms with E-state index in [9.17, 15) is 23.3 Å². The number of ether oxygens (including phenoxy) is 2. The molecule has 2 N–H and O–H groups in total. The largest absolute Gasteiger partial charge is 0.462 e. The number of nitrogens with zero attached hydrogens (tertiary/aromatic N) is 1. The second-order valence-electron chi connectivity index (χ2n) is 4.76. The molecular weight excluding hydrogens is 352 g/mol. The van der Waals surface area contributed by atoms with Crippen LogP contribution >= 0.6 is 0 Å². The van der Waals surface area contributed by atoms with Crippen LogP contribution in [0.15, 0.2) is 47.4 Å². The van der Waals surface area contributed by atoms with Gasteiger partial charge in [0.2, 0.25) is 15.8 Å². The predicted molar refractivity (Wildman–Crippen MR) is 86.9 cm³/mol. The number of nitro groups is 1. The summed E-state index contributed by atoms with van der Waals surface area (Å²) in [4.78, 5) is 21.7. The molecule has 132 valence electrons. The van der Waals surface area contributed by atoms with Crippen LogP contribution in [0.4, 0.5) is 5.69 Å². The number of carbonyl (C=O) groups excluding carboxylic acids is 1. The zero-order valence-electron chi connectivity index (χ0n) is 13.0. The van der Waals surface area contributed by atoms with Gasteiger partial charge in [-0.15, -0.1) is 0 Å². The molecule has 2 rings (SSSR count). The van der Waals surface area contributed by atoms with Crippen LogP contribution in [0.25, 0.3) is 0 Å². The summed E-state index contributed by atoms with van der Waals surface area (Å²) in [5.74, 6) is -1.33. The van der Waals surface area contributed by atoms with Crippen LogP contribution in [0.2, 0.25) is 0 Å². The molecule has 2 aromatic rings. The van der Waals surface area contributed by atoms with Gasteiger partial charge in [0, 0.05) is 6.07 Å². The lowest BCUT2D eigenvalue weighted by atomic mass is 10.2. The van der Waals surface area contributed by atoms with Gasteiger partial charge >= 0.3 is 11.7 Å². The van der Waals surface area contributed by atoms with Crippen molar-refractivity contribution in [3.05, 3.63) is 58.1 Å². The lowest BCUT2D eigenvalue weighted by molar-refractivity contribution is -0.385. The number of carbonyl (C=O) groups is 1. The second kappa shape index (κ2) is 7.28. The summed E-state index contributed by atoms with van der Waals surface area (Å²) in [6, 6.07) is 9.62. The minimum atomic E-state index is -4.42. The van der Waals surface area contributed by atoms with Gasteiger partial charge in [-0.2, -0.15) is 0 Å². The van der Waals surface area contributed by atoms with Crippen molar-refractivity contribution in [3.8, 4) is 11.5 Å². The first-order valence-electron chi connectivity index (χ1n) is 6.99. The Hall–Kier alpha value is -2.98. The van der Waals surface area contributed by atoms with Gasteiger partial charge in [0.25, 0.3) is 0 Å². The Morgan fingerprint density at radius 1 is 1.24 bits per heavy atom. The third kappa shape index (κ3) is 4.31. The molecule has 0 aliphatic rings. The van der Waals surface area contributed by atoms with E-state index in [0.717, 1.165) is 12.1 Å². The zero-order valence-corrected chi connectivity index (χ0v) is 13.9. The summed E-state index contributed by atoms with van der Waals surface area (Å²) < 4.78 is 33.9. The quantitative estimate of drug-likeness (QED) is 0.469. The smallest absolute Gasteiger partial charge is 0.338 e. The molecule has 25 heavy (non-hydrogen) atoms. The van der Waals surface area contributed by atoms with Crippen molar-refractivity contribution in [3.63, 3.8) is 0 Å². The molecule has 0 spiro atoms. The van der Waals surface area contributed by atoms with Crippen LogP contribution in [0.1, 0.15) is 17.3 Å². The van der Waals surface area contributed by atoms with Crippen LogP contribution in [0.3, 0.4) is 0 Å². The standard InChI is InChI=1S/C15H14N2O7S/c1-2-23-15(18)10-8-12(17(19)20)14(13(9-10)25(16,21)22)24-11-6-4-3-5-7-11/h3-9H,2H2,1H3,(H2,16,21,22). The van der Waals surface area contributed by atoms with E-state index >= 15 is 0 Å². The molecule has 0 bridgehead atoms. The normalized spacial score (nSPS) is 11.0. The number of sulfonamides is 1. The van der Waals surface area contributed by atoms with E-state index < -0.39 is 37.2 Å². The molecule has 0 saturated carbocycles. The lowest BCUT2D eigenvalue weighted by Gasteiger charge is -2.12. The van der Waals surface area contributed by atoms with Crippen LogP contribution in [0.5, 0.6) is 11.5 Å². The third-order valence-electron chi connectivity index (χ3n) is 3.01. The highest BCUT2D eigenvalue weighted by molar-refractivity contribution is 7.89. The van der Waals surface area contributed by atoms with Crippen LogP contribution in [-0.2, 0) is 14.8 Å². The van der Waals surface area contributed by atoms with Gasteiger partial charge in [-0.1, -0.05) is 18.2 Å². The average molecular weight is 366 g/mol. The molecule has 0 unspecified atom stereocenters. The second-order valence-corrected chi connectivity index (χ2v) is 6.29. The molecule has 2 aromatic carbocycles. The van der Waals surface area contributed by atoms with E-state index in [2.05, 4.69) is 0 Å². The maximum Gasteiger partial charge on any atom is 0.338 e. The minimum Gasteiger partial charge on any atom is -0.462 e. The molecule has 0 aliphatic heterocycles. The summed E-state index contributed by atoms with van der Waals surface area (Å²) in [5.41, 5.74) is -1.04. The molecule has 0 radical (unpaired) electrons. The maximum atomic E-state index is 11.9. The number of rotatable bonds is 6. The fourth-order valence-electron chi connectivity index (χ4n) is 1.98. The van der Waals surface area contributed by atoms with Crippen molar-refractivity contribution >= 4 is 21.7 Å². The summed E-state index contributed by atoms with van der Waals surface area (Å²) in [6.45, 7) is 1.55. The molecule has 10 heteroatoms. The predicted octanol–water partition coefficient (Wildman–Crippen LogP) is 2.21. The topological polar surface area (TPSA) is 139 Å². The highest BCUT2D eigenvalue weighted by Crippen LogP contribution is 2.38. The molecule has 0 heterocycles. The summed E-state index contributed by atoms with van der Waals surface area (Å²) in [6.07, 6.45) is 0. The highest BCUT2D eigenvalue weighted by atomic mass is 32.2. The zero-order chi connectivity index (χ0) is 18.6. The SMILES string of the molecule is CCOC(=O)c1cc([N+](=O)[O-])c(Oc2ccccc2)c(S(N)(=O)=O)c1. The van der Waals surface area contributed by atoms with Crippen molar-refractivity contribution in [2.45, 2.75) is 11.8 Å². The Labute approximate surface area is 143 Å². The van der Waals surface area contributed by atoms with Gasteiger partial charge in [0.05, 0.1) is 17.1 Å². The molecule has 0 saturated heterocycles. The fraction of sp³-hybridized carbons (Fsp3) is 0.133. The van der Waals surface area contributed by atoms with Crippen molar-refractivity contribution < 1.29 is 27.6 Å². The number of primary sulfonamides is 1. The summed E-state index contributed by atoms with van der Waals surface area (Å²) in [7, 11) is -4.42. The van der Waals surface area contributed by atoms with Crippen molar-refractivity contribution in [2.24, 2.45) is 5.14 Å². The first kappa shape index (κ1) is 18.4. The van der Waals surface area contributed by atoms with E-state index in [-0.39, 0.29) is 17.9 Å². The molecule has 0 fully saturated rings. The van der Waals surface area contributed by atoms with Gasteiger partial charge in [-0.05, 0) is 25.1 Å². The van der Waals surface area contributed by atoms with Gasteiger partial charge < -0.3 is 9.47 Å². The van der Waals surface area contributed by atoms with Crippen molar-refractivity contribution in [2.75, 3.05) is 6.61 Å². The first-order chi connectivity index (χ1) is 11.7. The van der Waals surface area contributed by atoms with Crippen molar-refractivity contribution in [1.82, 2.24) is 0 Å². The first-order valence-corrected chi connectivity index (χ1v) is 8.54. The number of nitro benzene ring substituents is 1. The van der Waals surface area contributed by atoms with E-state index in [1.807, 2.05) is 0 Å². The molecule has 0 atom stereocenters. The summed E-state index contributed by atoms with van der Waals surface area (Å²) in [5, 5.41) is 16.5. The minimum absolute atomic E-state index is 0.0135. The van der Waals surface area contributed by atoms with Gasteiger partial charge in [0.15, 0.2) is 0 Å². The number of esters is 1. The maximum absolute atomic E-state index is 11.9. The number of para-hydroxylation sites is 1. The average Bonchev–Trinajstić information content (AvgIpc) is 2.54. The van der Waals surface area contributed by atoms with Gasteiger partial charge in [-0.3, -0.25) is 10.1 Å². The Morgan fingerprint density at radius 3 is 2.40 bits per heavy atom. The van der Waals surface area contributed by atoms with Crippen LogP contribution < -0.4 is 9.88 Å². The van der Waals surface area contributed by atoms with Gasteiger partial charge in [0.1, 0.15) is 10.6 Å². The molecule has 0 aromatic heterocycles. The number of nitrogens with two attached hydrogens (primary N) is 1.